The zero-order chi connectivity index (χ0) is 11.5. The molecule has 1 rings (SSSR count). The Bertz CT molecular complexity index is 230. The van der Waals surface area contributed by atoms with E-state index in [-0.39, 0.29) is 0 Å². The summed E-state index contributed by atoms with van der Waals surface area (Å²) >= 11 is 0. The molecule has 0 radical (unpaired) electrons. The van der Waals surface area contributed by atoms with Crippen LogP contribution in [0.15, 0.2) is 0 Å². The molecule has 0 atom stereocenters. The van der Waals surface area contributed by atoms with Crippen LogP contribution in [0.1, 0.15) is 39.5 Å². The van der Waals surface area contributed by atoms with Gasteiger partial charge in [0, 0.05) is 26.1 Å². The Balaban J connectivity index is 3.00. The van der Waals surface area contributed by atoms with Gasteiger partial charge in [0.15, 0.2) is 0 Å². The minimum absolute atomic E-state index is 0.392. The molecule has 0 aromatic rings. The number of hydrogen-bond acceptors (Lipinski definition) is 3. The molecule has 1 fully saturated rings. The predicted molar refractivity (Wildman–Crippen MR) is 57.2 cm³/mol. The maximum atomic E-state index is 11.6. The maximum absolute atomic E-state index is 11.6. The van der Waals surface area contributed by atoms with Gasteiger partial charge in [-0.2, -0.15) is 0 Å². The molecular formula is C11H21NO3. The van der Waals surface area contributed by atoms with E-state index >= 15 is 0 Å². The summed E-state index contributed by atoms with van der Waals surface area (Å²) < 4.78 is 5.22. The van der Waals surface area contributed by atoms with E-state index in [9.17, 15) is 9.90 Å². The highest BCUT2D eigenvalue weighted by atomic mass is 16.5. The molecule has 88 valence electrons. The monoisotopic (exact) mass is 215 g/mol. The summed E-state index contributed by atoms with van der Waals surface area (Å²) in [4.78, 5) is 11.6. The van der Waals surface area contributed by atoms with Gasteiger partial charge >= 0.3 is 0 Å². The van der Waals surface area contributed by atoms with Crippen molar-refractivity contribution in [2.75, 3.05) is 13.2 Å². The van der Waals surface area contributed by atoms with Crippen molar-refractivity contribution in [2.24, 2.45) is 11.1 Å². The van der Waals surface area contributed by atoms with Gasteiger partial charge in [-0.05, 0) is 12.8 Å². The molecule has 15 heavy (non-hydrogen) atoms. The average molecular weight is 215 g/mol. The van der Waals surface area contributed by atoms with Crippen LogP contribution in [0.5, 0.6) is 0 Å². The van der Waals surface area contributed by atoms with Crippen molar-refractivity contribution in [2.45, 2.75) is 45.1 Å². The van der Waals surface area contributed by atoms with Gasteiger partial charge in [-0.3, -0.25) is 4.79 Å². The Morgan fingerprint density at radius 3 is 2.20 bits per heavy atom. The van der Waals surface area contributed by atoms with Crippen molar-refractivity contribution >= 4 is 5.91 Å². The van der Waals surface area contributed by atoms with Crippen molar-refractivity contribution in [1.29, 1.82) is 0 Å². The maximum Gasteiger partial charge on any atom is 0.226 e. The van der Waals surface area contributed by atoms with Crippen LogP contribution in [0.2, 0.25) is 0 Å². The quantitative estimate of drug-likeness (QED) is 0.729. The summed E-state index contributed by atoms with van der Waals surface area (Å²) in [7, 11) is 0. The van der Waals surface area contributed by atoms with E-state index in [1.54, 1.807) is 0 Å². The normalized spacial score (nSPS) is 21.3. The third kappa shape index (κ3) is 1.88. The molecule has 1 aliphatic heterocycles. The fourth-order valence-corrected chi connectivity index (χ4v) is 2.67. The van der Waals surface area contributed by atoms with Gasteiger partial charge in [-0.1, -0.05) is 13.8 Å². The summed E-state index contributed by atoms with van der Waals surface area (Å²) in [6.45, 7) is 4.82. The van der Waals surface area contributed by atoms with Crippen LogP contribution in [0, 0.1) is 5.41 Å². The van der Waals surface area contributed by atoms with Crippen LogP contribution in [-0.4, -0.2) is 29.8 Å². The van der Waals surface area contributed by atoms with Crippen LogP contribution < -0.4 is 5.73 Å². The molecule has 0 saturated carbocycles. The molecule has 0 spiro atoms. The molecule has 0 bridgehead atoms. The molecule has 4 nitrogen and oxygen atoms in total. The van der Waals surface area contributed by atoms with Crippen molar-refractivity contribution in [3.63, 3.8) is 0 Å². The van der Waals surface area contributed by atoms with Crippen molar-refractivity contribution < 1.29 is 14.6 Å². The lowest BCUT2D eigenvalue weighted by Gasteiger charge is -2.46. The van der Waals surface area contributed by atoms with Gasteiger partial charge < -0.3 is 15.6 Å². The summed E-state index contributed by atoms with van der Waals surface area (Å²) in [6.07, 6.45) is 2.15. The largest absolute Gasteiger partial charge is 0.389 e. The average Bonchev–Trinajstić information content (AvgIpc) is 2.20. The predicted octanol–water partition coefficient (Wildman–Crippen LogP) is 0.820. The van der Waals surface area contributed by atoms with Crippen molar-refractivity contribution in [3.05, 3.63) is 0 Å². The molecule has 4 heteroatoms. The number of hydrogen-bond donors (Lipinski definition) is 2. The van der Waals surface area contributed by atoms with Gasteiger partial charge in [-0.15, -0.1) is 0 Å². The first kappa shape index (κ1) is 12.5. The van der Waals surface area contributed by atoms with E-state index < -0.39 is 16.9 Å². The Morgan fingerprint density at radius 2 is 1.87 bits per heavy atom. The first-order valence-electron chi connectivity index (χ1n) is 5.62. The second-order valence-electron chi connectivity index (χ2n) is 4.30. The molecule has 0 aromatic carbocycles. The number of aliphatic hydroxyl groups is 1. The van der Waals surface area contributed by atoms with Gasteiger partial charge in [0.05, 0.1) is 11.0 Å². The zero-order valence-corrected chi connectivity index (χ0v) is 9.58. The second-order valence-corrected chi connectivity index (χ2v) is 4.30. The van der Waals surface area contributed by atoms with Crippen molar-refractivity contribution in [1.82, 2.24) is 0 Å². The van der Waals surface area contributed by atoms with E-state index in [2.05, 4.69) is 0 Å². The molecule has 0 aliphatic carbocycles. The molecule has 1 heterocycles. The number of rotatable bonds is 4. The third-order valence-corrected chi connectivity index (χ3v) is 3.89. The highest BCUT2D eigenvalue weighted by molar-refractivity contribution is 5.82. The van der Waals surface area contributed by atoms with Gasteiger partial charge in [0.2, 0.25) is 5.91 Å². The highest BCUT2D eigenvalue weighted by Crippen LogP contribution is 2.44. The number of carbonyl (C=O) groups is 1. The topological polar surface area (TPSA) is 72.6 Å². The zero-order valence-electron chi connectivity index (χ0n) is 9.58. The van der Waals surface area contributed by atoms with E-state index in [4.69, 9.17) is 10.5 Å². The third-order valence-electron chi connectivity index (χ3n) is 3.89. The standard InChI is InChI=1S/C11H21NO3/c1-3-10(4-2,9(12)13)11(14)5-7-15-8-6-11/h14H,3-8H2,1-2H3,(H2,12,13). The van der Waals surface area contributed by atoms with Gasteiger partial charge in [0.25, 0.3) is 0 Å². The summed E-state index contributed by atoms with van der Waals surface area (Å²) in [6, 6.07) is 0. The minimum Gasteiger partial charge on any atom is -0.389 e. The Kier molecular flexibility index (Phi) is 3.73. The molecular weight excluding hydrogens is 194 g/mol. The molecule has 1 aliphatic rings. The van der Waals surface area contributed by atoms with E-state index in [1.807, 2.05) is 13.8 Å². The number of ether oxygens (including phenoxy) is 1. The second kappa shape index (κ2) is 4.49. The molecule has 1 saturated heterocycles. The van der Waals surface area contributed by atoms with Gasteiger partial charge in [-0.25, -0.2) is 0 Å². The van der Waals surface area contributed by atoms with Gasteiger partial charge in [0.1, 0.15) is 0 Å². The van der Waals surface area contributed by atoms with E-state index in [0.29, 0.717) is 38.9 Å². The lowest BCUT2D eigenvalue weighted by atomic mass is 9.64. The fraction of sp³-hybridized carbons (Fsp3) is 0.909. The molecule has 1 amide bonds. The summed E-state index contributed by atoms with van der Waals surface area (Å²) in [5.74, 6) is -0.392. The molecule has 0 unspecified atom stereocenters. The number of carbonyl (C=O) groups excluding carboxylic acids is 1. The smallest absolute Gasteiger partial charge is 0.226 e. The van der Waals surface area contributed by atoms with Crippen LogP contribution in [0.25, 0.3) is 0 Å². The SMILES string of the molecule is CCC(CC)(C(N)=O)C1(O)CCOCC1. The lowest BCUT2D eigenvalue weighted by molar-refractivity contribution is -0.167. The minimum atomic E-state index is -0.986. The number of nitrogens with two attached hydrogens (primary N) is 1. The Labute approximate surface area is 90.8 Å². The first-order valence-corrected chi connectivity index (χ1v) is 5.62. The van der Waals surface area contributed by atoms with E-state index in [1.165, 1.54) is 0 Å². The number of primary amides is 1. The van der Waals surface area contributed by atoms with E-state index in [0.717, 1.165) is 0 Å². The van der Waals surface area contributed by atoms with Crippen LogP contribution in [0.4, 0.5) is 0 Å². The lowest BCUT2D eigenvalue weighted by Crippen LogP contribution is -2.57. The van der Waals surface area contributed by atoms with Crippen LogP contribution in [-0.2, 0) is 9.53 Å². The molecule has 3 N–H and O–H groups in total. The highest BCUT2D eigenvalue weighted by Gasteiger charge is 2.52. The molecule has 0 aromatic heterocycles. The Morgan fingerprint density at radius 1 is 1.40 bits per heavy atom. The summed E-state index contributed by atoms with van der Waals surface area (Å²) in [5, 5.41) is 10.6. The summed E-state index contributed by atoms with van der Waals surface area (Å²) in [5.41, 5.74) is 3.69. The fourth-order valence-electron chi connectivity index (χ4n) is 2.67. The number of amides is 1. The first-order chi connectivity index (χ1) is 7.02. The Hall–Kier alpha value is -0.610. The van der Waals surface area contributed by atoms with Crippen LogP contribution >= 0.6 is 0 Å². The van der Waals surface area contributed by atoms with Crippen LogP contribution in [0.3, 0.4) is 0 Å². The van der Waals surface area contributed by atoms with Crippen molar-refractivity contribution in [3.8, 4) is 0 Å².